The van der Waals surface area contributed by atoms with E-state index in [4.69, 9.17) is 26.1 Å². The van der Waals surface area contributed by atoms with Crippen molar-refractivity contribution in [3.8, 4) is 11.5 Å². The Balaban J connectivity index is 1.30. The maximum atomic E-state index is 14.1. The molecule has 0 saturated heterocycles. The molecule has 8 heteroatoms. The summed E-state index contributed by atoms with van der Waals surface area (Å²) in [7, 11) is 0. The van der Waals surface area contributed by atoms with E-state index >= 15 is 0 Å². The van der Waals surface area contributed by atoms with Gasteiger partial charge in [-0.05, 0) is 90.1 Å². The third kappa shape index (κ3) is 5.38. The molecule has 0 amide bonds. The first kappa shape index (κ1) is 28.3. The zero-order chi connectivity index (χ0) is 30.2. The number of ether oxygens (including phenoxy) is 2. The average molecular weight is 623 g/mol. The Morgan fingerprint density at radius 2 is 1.77 bits per heavy atom. The fourth-order valence-corrected chi connectivity index (χ4v) is 6.99. The van der Waals surface area contributed by atoms with Crippen LogP contribution in [0.15, 0.2) is 106 Å². The van der Waals surface area contributed by atoms with Crippen molar-refractivity contribution in [1.29, 1.82) is 0 Å². The van der Waals surface area contributed by atoms with Crippen LogP contribution in [0.25, 0.3) is 11.8 Å². The van der Waals surface area contributed by atoms with Crippen LogP contribution in [-0.4, -0.2) is 11.2 Å². The summed E-state index contributed by atoms with van der Waals surface area (Å²) < 4.78 is 28.3. The topological polar surface area (TPSA) is 52.8 Å². The number of thiazole rings is 1. The Morgan fingerprint density at radius 3 is 2.57 bits per heavy atom. The zero-order valence-electron chi connectivity index (χ0n) is 23.9. The van der Waals surface area contributed by atoms with Crippen LogP contribution in [-0.2, 0) is 13.0 Å². The highest BCUT2D eigenvalue weighted by molar-refractivity contribution is 7.07. The first-order chi connectivity index (χ1) is 21.5. The molecule has 7 rings (SSSR count). The molecule has 0 saturated carbocycles. The summed E-state index contributed by atoms with van der Waals surface area (Å²) in [6.45, 7) is 2.75. The van der Waals surface area contributed by atoms with Crippen molar-refractivity contribution in [2.75, 3.05) is 6.61 Å². The van der Waals surface area contributed by atoms with Crippen LogP contribution in [0.2, 0.25) is 5.02 Å². The Kier molecular flexibility index (Phi) is 7.66. The molecule has 5 aromatic rings. The zero-order valence-corrected chi connectivity index (χ0v) is 25.5. The molecule has 1 aliphatic carbocycles. The highest BCUT2D eigenvalue weighted by Gasteiger charge is 2.32. The van der Waals surface area contributed by atoms with Crippen LogP contribution in [0.4, 0.5) is 4.39 Å². The van der Waals surface area contributed by atoms with Gasteiger partial charge in [0.25, 0.3) is 5.56 Å². The number of aryl methyl sites for hydroxylation is 1. The average Bonchev–Trinajstić information content (AvgIpc) is 3.35. The minimum atomic E-state index is -0.361. The van der Waals surface area contributed by atoms with Gasteiger partial charge in [-0.15, -0.1) is 0 Å². The maximum Gasteiger partial charge on any atom is 0.271 e. The van der Waals surface area contributed by atoms with E-state index in [-0.39, 0.29) is 17.4 Å². The second-order valence-corrected chi connectivity index (χ2v) is 12.2. The lowest BCUT2D eigenvalue weighted by Crippen LogP contribution is -2.38. The van der Waals surface area contributed by atoms with E-state index in [1.54, 1.807) is 16.7 Å². The predicted molar refractivity (Wildman–Crippen MR) is 173 cm³/mol. The van der Waals surface area contributed by atoms with Crippen LogP contribution in [0.3, 0.4) is 0 Å². The summed E-state index contributed by atoms with van der Waals surface area (Å²) in [4.78, 5) is 19.8. The second-order valence-electron chi connectivity index (χ2n) is 10.7. The van der Waals surface area contributed by atoms with Crippen LogP contribution >= 0.6 is 22.9 Å². The summed E-state index contributed by atoms with van der Waals surface area (Å²) in [5.74, 6) is 0.900. The summed E-state index contributed by atoms with van der Waals surface area (Å²) in [5.41, 5.74) is 6.86. The Morgan fingerprint density at radius 1 is 0.977 bits per heavy atom. The highest BCUT2D eigenvalue weighted by atomic mass is 35.5. The van der Waals surface area contributed by atoms with Gasteiger partial charge in [0, 0.05) is 10.6 Å². The number of hydrogen-bond donors (Lipinski definition) is 0. The molecular formula is C36H28ClFN2O3S. The molecule has 0 bridgehead atoms. The molecule has 1 atom stereocenters. The first-order valence-corrected chi connectivity index (χ1v) is 15.7. The van der Waals surface area contributed by atoms with E-state index in [2.05, 4.69) is 12.1 Å². The van der Waals surface area contributed by atoms with Crippen molar-refractivity contribution in [3.05, 3.63) is 155 Å². The van der Waals surface area contributed by atoms with Crippen LogP contribution in [0.5, 0.6) is 11.5 Å². The number of aromatic nitrogens is 1. The van der Waals surface area contributed by atoms with Gasteiger partial charge in [-0.2, -0.15) is 0 Å². The van der Waals surface area contributed by atoms with Gasteiger partial charge < -0.3 is 9.47 Å². The molecule has 4 aromatic carbocycles. The van der Waals surface area contributed by atoms with E-state index in [0.29, 0.717) is 39.1 Å². The van der Waals surface area contributed by atoms with Gasteiger partial charge in [0.15, 0.2) is 16.3 Å². The lowest BCUT2D eigenvalue weighted by Gasteiger charge is -2.30. The molecule has 0 N–H and O–H groups in total. The van der Waals surface area contributed by atoms with Crippen molar-refractivity contribution in [2.45, 2.75) is 32.4 Å². The number of benzene rings is 4. The number of allylic oxidation sites excluding steroid dienone is 1. The third-order valence-corrected chi connectivity index (χ3v) is 9.17. The Hall–Kier alpha value is -4.46. The van der Waals surface area contributed by atoms with Crippen molar-refractivity contribution in [2.24, 2.45) is 4.99 Å². The molecule has 0 spiro atoms. The van der Waals surface area contributed by atoms with Crippen molar-refractivity contribution >= 4 is 34.7 Å². The van der Waals surface area contributed by atoms with Gasteiger partial charge in [0.2, 0.25) is 0 Å². The molecule has 2 heterocycles. The minimum Gasteiger partial charge on any atom is -0.490 e. The molecule has 1 unspecified atom stereocenters. The maximum absolute atomic E-state index is 14.1. The monoisotopic (exact) mass is 622 g/mol. The lowest BCUT2D eigenvalue weighted by molar-refractivity contribution is 0.269. The quantitative estimate of drug-likeness (QED) is 0.195. The van der Waals surface area contributed by atoms with Gasteiger partial charge in [0.05, 0.1) is 22.9 Å². The summed E-state index contributed by atoms with van der Waals surface area (Å²) in [6.07, 6.45) is 3.50. The SMILES string of the molecule is CCOc1cc(C=c2sc3n(c2=O)C(c2ccc(F)cc2)C2=C(N=3)c3ccccc3CC2)ccc1OCc1ccc(Cl)cc1. The van der Waals surface area contributed by atoms with Gasteiger partial charge in [-0.1, -0.05) is 77.5 Å². The molecule has 0 radical (unpaired) electrons. The van der Waals surface area contributed by atoms with E-state index in [9.17, 15) is 9.18 Å². The van der Waals surface area contributed by atoms with Crippen LogP contribution < -0.4 is 24.4 Å². The number of rotatable bonds is 7. The number of halogens is 2. The van der Waals surface area contributed by atoms with Crippen LogP contribution in [0, 0.1) is 5.82 Å². The van der Waals surface area contributed by atoms with Gasteiger partial charge >= 0.3 is 0 Å². The first-order valence-electron chi connectivity index (χ1n) is 14.5. The lowest BCUT2D eigenvalue weighted by atomic mass is 9.83. The molecule has 5 nitrogen and oxygen atoms in total. The molecule has 2 aliphatic rings. The van der Waals surface area contributed by atoms with Crippen LogP contribution in [0.1, 0.15) is 47.2 Å². The van der Waals surface area contributed by atoms with Gasteiger partial charge in [0.1, 0.15) is 12.4 Å². The second kappa shape index (κ2) is 11.9. The Labute approximate surface area is 262 Å². The fraction of sp³-hybridized carbons (Fsp3) is 0.167. The van der Waals surface area contributed by atoms with E-state index in [0.717, 1.165) is 46.4 Å². The van der Waals surface area contributed by atoms with Crippen molar-refractivity contribution in [3.63, 3.8) is 0 Å². The van der Waals surface area contributed by atoms with Crippen molar-refractivity contribution in [1.82, 2.24) is 4.57 Å². The van der Waals surface area contributed by atoms with E-state index < -0.39 is 0 Å². The van der Waals surface area contributed by atoms with Gasteiger partial charge in [-0.3, -0.25) is 9.36 Å². The highest BCUT2D eigenvalue weighted by Crippen LogP contribution is 2.41. The molecule has 1 aliphatic heterocycles. The van der Waals surface area contributed by atoms with E-state index in [1.165, 1.54) is 29.0 Å². The summed E-state index contributed by atoms with van der Waals surface area (Å²) in [6, 6.07) is 27.5. The number of hydrogen-bond acceptors (Lipinski definition) is 5. The standard InChI is InChI=1S/C36H28ClFN2O3S/c1-2-42-31-19-23(9-18-30(31)43-21-22-7-13-26(37)14-8-22)20-32-35(41)40-34(25-10-15-27(38)16-11-25)29-17-12-24-5-3-4-6-28(24)33(29)39-36(40)44-32/h3-11,13-16,18-20,34H,2,12,17,21H2,1H3. The molecular weight excluding hydrogens is 595 g/mol. The minimum absolute atomic E-state index is 0.130. The molecule has 0 fully saturated rings. The summed E-state index contributed by atoms with van der Waals surface area (Å²) >= 11 is 7.37. The Bertz CT molecular complexity index is 2080. The summed E-state index contributed by atoms with van der Waals surface area (Å²) in [5, 5.41) is 0.673. The number of nitrogens with zero attached hydrogens (tertiary/aromatic N) is 2. The predicted octanol–water partition coefficient (Wildman–Crippen LogP) is 7.09. The third-order valence-electron chi connectivity index (χ3n) is 7.93. The van der Waals surface area contributed by atoms with E-state index in [1.807, 2.05) is 67.6 Å². The van der Waals surface area contributed by atoms with Gasteiger partial charge in [-0.25, -0.2) is 9.38 Å². The normalized spacial score (nSPS) is 15.7. The smallest absolute Gasteiger partial charge is 0.271 e. The van der Waals surface area contributed by atoms with Crippen molar-refractivity contribution < 1.29 is 13.9 Å². The largest absolute Gasteiger partial charge is 0.490 e. The number of fused-ring (bicyclic) bond motifs is 3. The fourth-order valence-electron chi connectivity index (χ4n) is 5.86. The molecule has 1 aromatic heterocycles. The molecule has 44 heavy (non-hydrogen) atoms. The molecule has 220 valence electrons.